The van der Waals surface area contributed by atoms with Gasteiger partial charge in [-0.1, -0.05) is 15.9 Å². The fourth-order valence-corrected chi connectivity index (χ4v) is 3.13. The number of amides is 1. The molecule has 0 saturated carbocycles. The molecule has 1 aromatic carbocycles. The molecule has 22 heavy (non-hydrogen) atoms. The Bertz CT molecular complexity index is 564. The smallest absolute Gasteiger partial charge is 0.322 e. The Morgan fingerprint density at radius 3 is 2.95 bits per heavy atom. The average Bonchev–Trinajstić information content (AvgIpc) is 2.93. The van der Waals surface area contributed by atoms with Crippen LogP contribution in [0.5, 0.6) is 5.75 Å². The summed E-state index contributed by atoms with van der Waals surface area (Å²) >= 11 is 3.47. The number of nitrogens with zero attached hydrogens (tertiary/aromatic N) is 1. The van der Waals surface area contributed by atoms with Crippen LogP contribution in [0.3, 0.4) is 0 Å². The molecule has 1 unspecified atom stereocenters. The fourth-order valence-electron chi connectivity index (χ4n) is 2.75. The standard InChI is InChI=1S/C15H19BrN2O4/c1-22-13-5-4-10(16)7-11(13)12-3-2-6-18(12)9-14(19)17-8-15(20)21/h4-5,7,12H,2-3,6,8-9H2,1H3,(H,17,19)(H,20,21). The second kappa shape index (κ2) is 7.60. The van der Waals surface area contributed by atoms with Gasteiger partial charge in [-0.25, -0.2) is 0 Å². The minimum atomic E-state index is -1.04. The number of halogens is 1. The van der Waals surface area contributed by atoms with Crippen LogP contribution in [0.15, 0.2) is 22.7 Å². The van der Waals surface area contributed by atoms with Gasteiger partial charge in [-0.05, 0) is 37.6 Å². The van der Waals surface area contributed by atoms with Gasteiger partial charge < -0.3 is 15.2 Å². The minimum Gasteiger partial charge on any atom is -0.496 e. The summed E-state index contributed by atoms with van der Waals surface area (Å²) < 4.78 is 6.38. The third-order valence-corrected chi connectivity index (χ3v) is 4.19. The third-order valence-electron chi connectivity index (χ3n) is 3.70. The molecule has 0 radical (unpaired) electrons. The Morgan fingerprint density at radius 2 is 2.27 bits per heavy atom. The van der Waals surface area contributed by atoms with Crippen molar-refractivity contribution in [3.8, 4) is 5.75 Å². The summed E-state index contributed by atoms with van der Waals surface area (Å²) in [5.41, 5.74) is 1.04. The van der Waals surface area contributed by atoms with Crippen molar-refractivity contribution in [1.82, 2.24) is 10.2 Å². The zero-order chi connectivity index (χ0) is 16.1. The van der Waals surface area contributed by atoms with Crippen molar-refractivity contribution in [2.24, 2.45) is 0 Å². The lowest BCUT2D eigenvalue weighted by Crippen LogP contribution is -2.39. The molecule has 120 valence electrons. The Labute approximate surface area is 137 Å². The van der Waals surface area contributed by atoms with Gasteiger partial charge >= 0.3 is 5.97 Å². The number of hydrogen-bond donors (Lipinski definition) is 2. The lowest BCUT2D eigenvalue weighted by molar-refractivity contribution is -0.138. The minimum absolute atomic E-state index is 0.100. The van der Waals surface area contributed by atoms with E-state index in [-0.39, 0.29) is 25.0 Å². The Balaban J connectivity index is 2.09. The van der Waals surface area contributed by atoms with Crippen LogP contribution in [-0.2, 0) is 9.59 Å². The molecule has 1 amide bonds. The molecule has 1 fully saturated rings. The number of methoxy groups -OCH3 is 1. The number of carbonyl (C=O) groups is 2. The highest BCUT2D eigenvalue weighted by molar-refractivity contribution is 9.10. The highest BCUT2D eigenvalue weighted by Crippen LogP contribution is 2.38. The zero-order valence-corrected chi connectivity index (χ0v) is 13.9. The van der Waals surface area contributed by atoms with Gasteiger partial charge in [0, 0.05) is 16.1 Å². The fraction of sp³-hybridized carbons (Fsp3) is 0.467. The van der Waals surface area contributed by atoms with Gasteiger partial charge in [0.05, 0.1) is 13.7 Å². The van der Waals surface area contributed by atoms with Gasteiger partial charge in [0.25, 0.3) is 0 Å². The lowest BCUT2D eigenvalue weighted by atomic mass is 10.0. The van der Waals surface area contributed by atoms with Gasteiger partial charge in [-0.2, -0.15) is 0 Å². The van der Waals surface area contributed by atoms with Crippen LogP contribution >= 0.6 is 15.9 Å². The normalized spacial score (nSPS) is 18.2. The number of ether oxygens (including phenoxy) is 1. The quantitative estimate of drug-likeness (QED) is 0.797. The average molecular weight is 371 g/mol. The van der Waals surface area contributed by atoms with Crippen LogP contribution in [0, 0.1) is 0 Å². The maximum Gasteiger partial charge on any atom is 0.322 e. The molecule has 1 aliphatic rings. The van der Waals surface area contributed by atoms with Crippen molar-refractivity contribution >= 4 is 27.8 Å². The summed E-state index contributed by atoms with van der Waals surface area (Å²) in [4.78, 5) is 24.4. The van der Waals surface area contributed by atoms with E-state index in [0.717, 1.165) is 35.2 Å². The van der Waals surface area contributed by atoms with E-state index in [0.29, 0.717) is 0 Å². The van der Waals surface area contributed by atoms with E-state index in [9.17, 15) is 9.59 Å². The predicted molar refractivity (Wildman–Crippen MR) is 84.9 cm³/mol. The summed E-state index contributed by atoms with van der Waals surface area (Å²) in [6.45, 7) is 0.645. The number of benzene rings is 1. The van der Waals surface area contributed by atoms with Crippen LogP contribution in [0.1, 0.15) is 24.4 Å². The SMILES string of the molecule is COc1ccc(Br)cc1C1CCCN1CC(=O)NCC(=O)O. The molecule has 1 saturated heterocycles. The Morgan fingerprint density at radius 1 is 1.50 bits per heavy atom. The molecule has 0 bridgehead atoms. The number of carboxylic acid groups (broad SMARTS) is 1. The molecule has 1 aromatic rings. The first kappa shape index (κ1) is 16.8. The highest BCUT2D eigenvalue weighted by Gasteiger charge is 2.29. The molecule has 6 nitrogen and oxygen atoms in total. The van der Waals surface area contributed by atoms with Crippen molar-refractivity contribution in [3.05, 3.63) is 28.2 Å². The number of nitrogens with one attached hydrogen (secondary N) is 1. The van der Waals surface area contributed by atoms with E-state index in [1.807, 2.05) is 18.2 Å². The lowest BCUT2D eigenvalue weighted by Gasteiger charge is -2.25. The second-order valence-corrected chi connectivity index (χ2v) is 6.10. The molecular weight excluding hydrogens is 352 g/mol. The molecule has 1 atom stereocenters. The number of rotatable bonds is 6. The first-order valence-corrected chi connectivity index (χ1v) is 7.86. The van der Waals surface area contributed by atoms with Gasteiger partial charge in [-0.15, -0.1) is 0 Å². The first-order valence-electron chi connectivity index (χ1n) is 7.07. The monoisotopic (exact) mass is 370 g/mol. The van der Waals surface area contributed by atoms with Crippen LogP contribution in [0.2, 0.25) is 0 Å². The van der Waals surface area contributed by atoms with Crippen LogP contribution < -0.4 is 10.1 Å². The number of carbonyl (C=O) groups excluding carboxylic acids is 1. The number of aliphatic carboxylic acids is 1. The maximum atomic E-state index is 11.8. The molecule has 1 aliphatic heterocycles. The number of hydrogen-bond acceptors (Lipinski definition) is 4. The molecule has 2 rings (SSSR count). The Hall–Kier alpha value is -1.60. The second-order valence-electron chi connectivity index (χ2n) is 5.19. The molecule has 0 aliphatic carbocycles. The Kier molecular flexibility index (Phi) is 5.79. The van der Waals surface area contributed by atoms with E-state index in [4.69, 9.17) is 9.84 Å². The van der Waals surface area contributed by atoms with Crippen LogP contribution in [0.25, 0.3) is 0 Å². The van der Waals surface area contributed by atoms with Crippen LogP contribution in [0.4, 0.5) is 0 Å². The molecule has 2 N–H and O–H groups in total. The van der Waals surface area contributed by atoms with Gasteiger partial charge in [-0.3, -0.25) is 14.5 Å². The van der Waals surface area contributed by atoms with Crippen molar-refractivity contribution in [1.29, 1.82) is 0 Å². The van der Waals surface area contributed by atoms with Crippen molar-refractivity contribution in [3.63, 3.8) is 0 Å². The zero-order valence-electron chi connectivity index (χ0n) is 12.3. The first-order chi connectivity index (χ1) is 10.5. The molecule has 0 spiro atoms. The van der Waals surface area contributed by atoms with E-state index >= 15 is 0 Å². The molecular formula is C15H19BrN2O4. The summed E-state index contributed by atoms with van der Waals surface area (Å²) in [6, 6.07) is 5.93. The largest absolute Gasteiger partial charge is 0.496 e. The maximum absolute atomic E-state index is 11.8. The van der Waals surface area contributed by atoms with E-state index in [1.165, 1.54) is 0 Å². The summed E-state index contributed by atoms with van der Waals surface area (Å²) in [7, 11) is 1.63. The number of carboxylic acids is 1. The van der Waals surface area contributed by atoms with E-state index < -0.39 is 5.97 Å². The van der Waals surface area contributed by atoms with Crippen molar-refractivity contribution in [2.45, 2.75) is 18.9 Å². The summed E-state index contributed by atoms with van der Waals surface area (Å²) in [5, 5.41) is 11.0. The summed E-state index contributed by atoms with van der Waals surface area (Å²) in [6.07, 6.45) is 1.94. The van der Waals surface area contributed by atoms with Gasteiger partial charge in [0.15, 0.2) is 0 Å². The van der Waals surface area contributed by atoms with E-state index in [2.05, 4.69) is 26.1 Å². The van der Waals surface area contributed by atoms with E-state index in [1.54, 1.807) is 7.11 Å². The van der Waals surface area contributed by atoms with Gasteiger partial charge in [0.2, 0.25) is 5.91 Å². The molecule has 1 heterocycles. The topological polar surface area (TPSA) is 78.9 Å². The predicted octanol–water partition coefficient (Wildman–Crippen LogP) is 1.80. The van der Waals surface area contributed by atoms with Crippen molar-refractivity contribution in [2.75, 3.05) is 26.7 Å². The van der Waals surface area contributed by atoms with Gasteiger partial charge in [0.1, 0.15) is 12.3 Å². The van der Waals surface area contributed by atoms with Crippen molar-refractivity contribution < 1.29 is 19.4 Å². The molecule has 0 aromatic heterocycles. The molecule has 7 heteroatoms. The highest BCUT2D eigenvalue weighted by atomic mass is 79.9. The number of likely N-dealkylation sites (tertiary alicyclic amines) is 1. The third kappa shape index (κ3) is 4.20. The summed E-state index contributed by atoms with van der Waals surface area (Å²) in [5.74, 6) is -0.519. The van der Waals surface area contributed by atoms with Crippen LogP contribution in [-0.4, -0.2) is 48.6 Å².